The lowest BCUT2D eigenvalue weighted by Gasteiger charge is -2.05. The fraction of sp³-hybridized carbons (Fsp3) is 0.0476. The molecular weight excluding hydrogens is 296 g/mol. The molecule has 0 spiro atoms. The van der Waals surface area contributed by atoms with Crippen molar-refractivity contribution in [1.29, 1.82) is 0 Å². The van der Waals surface area contributed by atoms with E-state index in [2.05, 4.69) is 35.3 Å². The highest BCUT2D eigenvalue weighted by molar-refractivity contribution is 5.80. The summed E-state index contributed by atoms with van der Waals surface area (Å²) in [6, 6.07) is 26.4. The van der Waals surface area contributed by atoms with Gasteiger partial charge in [0, 0.05) is 11.1 Å². The zero-order valence-corrected chi connectivity index (χ0v) is 13.3. The van der Waals surface area contributed by atoms with Gasteiger partial charge in [-0.05, 0) is 24.1 Å². The summed E-state index contributed by atoms with van der Waals surface area (Å²) in [5.41, 5.74) is 5.31. The van der Waals surface area contributed by atoms with Crippen LogP contribution in [0.3, 0.4) is 0 Å². The molecule has 0 radical (unpaired) electrons. The Morgan fingerprint density at radius 1 is 0.667 bits per heavy atom. The summed E-state index contributed by atoms with van der Waals surface area (Å²) in [6.07, 6.45) is 0. The van der Waals surface area contributed by atoms with E-state index in [9.17, 15) is 0 Å². The van der Waals surface area contributed by atoms with Crippen molar-refractivity contribution < 1.29 is 4.52 Å². The molecule has 0 aliphatic carbocycles. The van der Waals surface area contributed by atoms with Gasteiger partial charge < -0.3 is 4.52 Å². The van der Waals surface area contributed by atoms with Crippen molar-refractivity contribution in [3.8, 4) is 34.0 Å². The van der Waals surface area contributed by atoms with Crippen LogP contribution >= 0.6 is 0 Å². The Hall–Kier alpha value is -3.20. The van der Waals surface area contributed by atoms with Crippen LogP contribution in [-0.2, 0) is 0 Å². The Morgan fingerprint density at radius 3 is 2.08 bits per heavy atom. The molecule has 3 aromatic carbocycles. The molecule has 0 unspecified atom stereocenters. The number of aromatic nitrogens is 2. The van der Waals surface area contributed by atoms with E-state index in [-0.39, 0.29) is 0 Å². The third-order valence-electron chi connectivity index (χ3n) is 3.98. The van der Waals surface area contributed by atoms with E-state index in [1.807, 2.05) is 60.7 Å². The molecule has 1 aromatic heterocycles. The van der Waals surface area contributed by atoms with Gasteiger partial charge >= 0.3 is 0 Å². The molecule has 3 nitrogen and oxygen atoms in total. The minimum Gasteiger partial charge on any atom is -0.334 e. The molecule has 1 heterocycles. The SMILES string of the molecule is Cc1ccc(-c2noc(-c3ccccc3-c3ccccc3)n2)cc1. The van der Waals surface area contributed by atoms with E-state index in [1.165, 1.54) is 5.56 Å². The second kappa shape index (κ2) is 6.13. The maximum atomic E-state index is 5.54. The smallest absolute Gasteiger partial charge is 0.258 e. The normalized spacial score (nSPS) is 10.7. The highest BCUT2D eigenvalue weighted by Crippen LogP contribution is 2.31. The Morgan fingerprint density at radius 2 is 1.33 bits per heavy atom. The molecule has 0 bridgehead atoms. The minimum absolute atomic E-state index is 0.532. The van der Waals surface area contributed by atoms with Crippen LogP contribution in [0.25, 0.3) is 34.0 Å². The van der Waals surface area contributed by atoms with Crippen LogP contribution in [0.2, 0.25) is 0 Å². The van der Waals surface area contributed by atoms with Crippen LogP contribution in [-0.4, -0.2) is 10.1 Å². The average Bonchev–Trinajstić information content (AvgIpc) is 3.13. The molecule has 3 heteroatoms. The van der Waals surface area contributed by atoms with Crippen molar-refractivity contribution >= 4 is 0 Å². The van der Waals surface area contributed by atoms with Gasteiger partial charge in [-0.3, -0.25) is 0 Å². The maximum absolute atomic E-state index is 5.54. The molecule has 4 rings (SSSR count). The molecule has 0 aliphatic heterocycles. The van der Waals surface area contributed by atoms with E-state index in [0.717, 1.165) is 22.3 Å². The van der Waals surface area contributed by atoms with E-state index >= 15 is 0 Å². The first kappa shape index (κ1) is 14.4. The van der Waals surface area contributed by atoms with Crippen LogP contribution < -0.4 is 0 Å². The van der Waals surface area contributed by atoms with Gasteiger partial charge in [0.05, 0.1) is 0 Å². The van der Waals surface area contributed by atoms with Crippen LogP contribution in [0.1, 0.15) is 5.56 Å². The first-order valence-electron chi connectivity index (χ1n) is 7.87. The second-order valence-electron chi connectivity index (χ2n) is 5.70. The van der Waals surface area contributed by atoms with Crippen molar-refractivity contribution in [1.82, 2.24) is 10.1 Å². The standard InChI is InChI=1S/C21H16N2O/c1-15-11-13-17(14-12-15)20-22-21(24-23-20)19-10-6-5-9-18(19)16-7-3-2-4-8-16/h2-14H,1H3. The number of rotatable bonds is 3. The monoisotopic (exact) mass is 312 g/mol. The van der Waals surface area contributed by atoms with Crippen LogP contribution in [0, 0.1) is 6.92 Å². The van der Waals surface area contributed by atoms with Crippen LogP contribution in [0.15, 0.2) is 83.4 Å². The van der Waals surface area contributed by atoms with Gasteiger partial charge in [0.1, 0.15) is 0 Å². The Bertz CT molecular complexity index is 957. The number of nitrogens with zero attached hydrogens (tertiary/aromatic N) is 2. The summed E-state index contributed by atoms with van der Waals surface area (Å²) in [4.78, 5) is 4.59. The molecule has 0 saturated carbocycles. The summed E-state index contributed by atoms with van der Waals surface area (Å²) in [5.74, 6) is 1.14. The Kier molecular flexibility index (Phi) is 3.67. The zero-order chi connectivity index (χ0) is 16.4. The lowest BCUT2D eigenvalue weighted by atomic mass is 10.00. The molecule has 0 N–H and O–H groups in total. The average molecular weight is 312 g/mol. The van der Waals surface area contributed by atoms with E-state index in [1.54, 1.807) is 0 Å². The number of hydrogen-bond acceptors (Lipinski definition) is 3. The van der Waals surface area contributed by atoms with E-state index < -0.39 is 0 Å². The molecule has 0 fully saturated rings. The van der Waals surface area contributed by atoms with Crippen molar-refractivity contribution in [2.45, 2.75) is 6.92 Å². The van der Waals surface area contributed by atoms with Gasteiger partial charge in [0.15, 0.2) is 0 Å². The lowest BCUT2D eigenvalue weighted by molar-refractivity contribution is 0.432. The third-order valence-corrected chi connectivity index (χ3v) is 3.98. The lowest BCUT2D eigenvalue weighted by Crippen LogP contribution is -1.85. The van der Waals surface area contributed by atoms with Crippen molar-refractivity contribution in [2.24, 2.45) is 0 Å². The molecule has 24 heavy (non-hydrogen) atoms. The molecular formula is C21H16N2O. The summed E-state index contributed by atoms with van der Waals surface area (Å²) in [6.45, 7) is 2.06. The van der Waals surface area contributed by atoms with Gasteiger partial charge in [-0.1, -0.05) is 83.5 Å². The van der Waals surface area contributed by atoms with Crippen molar-refractivity contribution in [2.75, 3.05) is 0 Å². The molecule has 0 atom stereocenters. The zero-order valence-electron chi connectivity index (χ0n) is 13.3. The first-order valence-corrected chi connectivity index (χ1v) is 7.87. The number of benzene rings is 3. The largest absolute Gasteiger partial charge is 0.334 e. The molecule has 0 amide bonds. The van der Waals surface area contributed by atoms with Crippen molar-refractivity contribution in [3.63, 3.8) is 0 Å². The van der Waals surface area contributed by atoms with Gasteiger partial charge in [-0.25, -0.2) is 0 Å². The van der Waals surface area contributed by atoms with E-state index in [4.69, 9.17) is 4.52 Å². The third kappa shape index (κ3) is 2.72. The van der Waals surface area contributed by atoms with E-state index in [0.29, 0.717) is 11.7 Å². The molecule has 116 valence electrons. The number of hydrogen-bond donors (Lipinski definition) is 0. The van der Waals surface area contributed by atoms with Crippen LogP contribution in [0.4, 0.5) is 0 Å². The first-order chi connectivity index (χ1) is 11.8. The molecule has 0 saturated heterocycles. The fourth-order valence-electron chi connectivity index (χ4n) is 2.69. The van der Waals surface area contributed by atoms with Gasteiger partial charge in [0.25, 0.3) is 5.89 Å². The van der Waals surface area contributed by atoms with Crippen LogP contribution in [0.5, 0.6) is 0 Å². The predicted octanol–water partition coefficient (Wildman–Crippen LogP) is 5.38. The molecule has 0 aliphatic rings. The van der Waals surface area contributed by atoms with Crippen molar-refractivity contribution in [3.05, 3.63) is 84.4 Å². The summed E-state index contributed by atoms with van der Waals surface area (Å²) >= 11 is 0. The maximum Gasteiger partial charge on any atom is 0.258 e. The predicted molar refractivity (Wildman–Crippen MR) is 95.3 cm³/mol. The van der Waals surface area contributed by atoms with Gasteiger partial charge in [0.2, 0.25) is 5.82 Å². The summed E-state index contributed by atoms with van der Waals surface area (Å²) < 4.78 is 5.54. The summed E-state index contributed by atoms with van der Waals surface area (Å²) in [7, 11) is 0. The molecule has 4 aromatic rings. The minimum atomic E-state index is 0.532. The quantitative estimate of drug-likeness (QED) is 0.510. The summed E-state index contributed by atoms with van der Waals surface area (Å²) in [5, 5.41) is 4.14. The second-order valence-corrected chi connectivity index (χ2v) is 5.70. The Balaban J connectivity index is 1.77. The van der Waals surface area contributed by atoms with Gasteiger partial charge in [-0.15, -0.1) is 0 Å². The van der Waals surface area contributed by atoms with Gasteiger partial charge in [-0.2, -0.15) is 4.98 Å². The number of aryl methyl sites for hydroxylation is 1. The Labute approximate surface area is 140 Å². The fourth-order valence-corrected chi connectivity index (χ4v) is 2.69. The highest BCUT2D eigenvalue weighted by atomic mass is 16.5. The highest BCUT2D eigenvalue weighted by Gasteiger charge is 2.14. The topological polar surface area (TPSA) is 38.9 Å².